The Morgan fingerprint density at radius 3 is 2.47 bits per heavy atom. The van der Waals surface area contributed by atoms with E-state index in [9.17, 15) is 4.79 Å². The van der Waals surface area contributed by atoms with Crippen molar-refractivity contribution >= 4 is 17.7 Å². The number of amides is 1. The van der Waals surface area contributed by atoms with Gasteiger partial charge in [-0.25, -0.2) is 0 Å². The highest BCUT2D eigenvalue weighted by Crippen LogP contribution is 2.27. The van der Waals surface area contributed by atoms with E-state index in [-0.39, 0.29) is 5.91 Å². The lowest BCUT2D eigenvalue weighted by molar-refractivity contribution is -0.111. The minimum absolute atomic E-state index is 0.209. The maximum atomic E-state index is 12.3. The highest BCUT2D eigenvalue weighted by molar-refractivity contribution is 6.02. The number of hydrogen-bond donors (Lipinski definition) is 1. The van der Waals surface area contributed by atoms with E-state index in [2.05, 4.69) is 15.5 Å². The normalized spacial score (nSPS) is 11.0. The number of carbonyl (C=O) groups excluding carboxylic acids is 1. The minimum Gasteiger partial charge on any atom is -0.416 e. The number of carbonyl (C=O) groups is 1. The fourth-order valence-electron chi connectivity index (χ4n) is 3.02. The molecule has 5 nitrogen and oxygen atoms in total. The summed E-state index contributed by atoms with van der Waals surface area (Å²) in [5, 5.41) is 11.2. The fraction of sp³-hybridized carbons (Fsp3) is 0.0800. The molecule has 30 heavy (non-hydrogen) atoms. The van der Waals surface area contributed by atoms with Gasteiger partial charge < -0.3 is 9.73 Å². The minimum atomic E-state index is -0.209. The lowest BCUT2D eigenvalue weighted by Crippen LogP contribution is -2.07. The third-order valence-corrected chi connectivity index (χ3v) is 4.68. The molecule has 0 saturated carbocycles. The van der Waals surface area contributed by atoms with E-state index in [1.54, 1.807) is 6.08 Å². The van der Waals surface area contributed by atoms with Crippen LogP contribution in [0.5, 0.6) is 0 Å². The van der Waals surface area contributed by atoms with Crippen LogP contribution in [0.15, 0.2) is 83.3 Å². The van der Waals surface area contributed by atoms with Crippen molar-refractivity contribution in [2.24, 2.45) is 0 Å². The topological polar surface area (TPSA) is 68.0 Å². The van der Waals surface area contributed by atoms with Gasteiger partial charge in [-0.3, -0.25) is 4.79 Å². The monoisotopic (exact) mass is 395 g/mol. The number of rotatable bonds is 5. The Morgan fingerprint density at radius 2 is 1.67 bits per heavy atom. The van der Waals surface area contributed by atoms with E-state index >= 15 is 0 Å². The molecular formula is C25H21N3O2. The molecule has 4 aromatic rings. The molecule has 3 aromatic carbocycles. The van der Waals surface area contributed by atoms with Crippen LogP contribution in [-0.4, -0.2) is 16.1 Å². The first kappa shape index (κ1) is 19.3. The van der Waals surface area contributed by atoms with Gasteiger partial charge in [0.25, 0.3) is 0 Å². The summed E-state index contributed by atoms with van der Waals surface area (Å²) in [6, 6.07) is 23.2. The van der Waals surface area contributed by atoms with E-state index in [0.29, 0.717) is 17.5 Å². The van der Waals surface area contributed by atoms with Crippen molar-refractivity contribution in [2.75, 3.05) is 5.32 Å². The van der Waals surface area contributed by atoms with Gasteiger partial charge >= 0.3 is 0 Å². The fourth-order valence-corrected chi connectivity index (χ4v) is 3.02. The Balaban J connectivity index is 1.48. The summed E-state index contributed by atoms with van der Waals surface area (Å²) >= 11 is 0. The molecule has 1 amide bonds. The summed E-state index contributed by atoms with van der Waals surface area (Å²) < 4.78 is 5.86. The summed E-state index contributed by atoms with van der Waals surface area (Å²) in [5.41, 5.74) is 5.51. The molecule has 0 atom stereocenters. The van der Waals surface area contributed by atoms with Crippen molar-refractivity contribution in [1.29, 1.82) is 0 Å². The molecule has 0 aliphatic rings. The van der Waals surface area contributed by atoms with Gasteiger partial charge in [0.15, 0.2) is 0 Å². The predicted molar refractivity (Wildman–Crippen MR) is 119 cm³/mol. The van der Waals surface area contributed by atoms with Gasteiger partial charge in [0.2, 0.25) is 17.7 Å². The van der Waals surface area contributed by atoms with Gasteiger partial charge in [-0.05, 0) is 55.3 Å². The van der Waals surface area contributed by atoms with Crippen LogP contribution in [0.3, 0.4) is 0 Å². The summed E-state index contributed by atoms with van der Waals surface area (Å²) in [6.45, 7) is 4.03. The highest BCUT2D eigenvalue weighted by Gasteiger charge is 2.12. The van der Waals surface area contributed by atoms with Crippen molar-refractivity contribution < 1.29 is 9.21 Å². The third-order valence-electron chi connectivity index (χ3n) is 4.68. The number of benzene rings is 3. The lowest BCUT2D eigenvalue weighted by atomic mass is 10.1. The van der Waals surface area contributed by atoms with Crippen LogP contribution in [0.25, 0.3) is 29.0 Å². The molecule has 0 aliphatic heterocycles. The Bertz CT molecular complexity index is 1210. The van der Waals surface area contributed by atoms with Crippen LogP contribution in [0, 0.1) is 13.8 Å². The van der Waals surface area contributed by atoms with Crippen LogP contribution in [0.1, 0.15) is 16.7 Å². The molecule has 0 aliphatic carbocycles. The molecular weight excluding hydrogens is 374 g/mol. The standard InChI is InChI=1S/C25H21N3O2/c1-17-10-12-19(13-11-17)14-15-23(29)26-21-8-5-7-20(16-21)24-27-28-25(30-24)22-9-4-3-6-18(22)2/h3-16H,1-2H3,(H,26,29)/b15-14+. The van der Waals surface area contributed by atoms with E-state index in [4.69, 9.17) is 4.42 Å². The van der Waals surface area contributed by atoms with Gasteiger partial charge in [-0.1, -0.05) is 54.1 Å². The Morgan fingerprint density at radius 1 is 0.900 bits per heavy atom. The maximum absolute atomic E-state index is 12.3. The van der Waals surface area contributed by atoms with E-state index < -0.39 is 0 Å². The molecule has 0 unspecified atom stereocenters. The van der Waals surface area contributed by atoms with Crippen LogP contribution < -0.4 is 5.32 Å². The highest BCUT2D eigenvalue weighted by atomic mass is 16.4. The molecule has 0 bridgehead atoms. The van der Waals surface area contributed by atoms with Gasteiger partial charge in [-0.2, -0.15) is 0 Å². The van der Waals surface area contributed by atoms with Gasteiger partial charge in [-0.15, -0.1) is 10.2 Å². The maximum Gasteiger partial charge on any atom is 0.248 e. The zero-order valence-electron chi connectivity index (χ0n) is 16.8. The van der Waals surface area contributed by atoms with Crippen molar-refractivity contribution in [3.63, 3.8) is 0 Å². The van der Waals surface area contributed by atoms with Crippen molar-refractivity contribution in [3.05, 3.63) is 95.6 Å². The second kappa shape index (κ2) is 8.57. The molecule has 0 spiro atoms. The first-order valence-electron chi connectivity index (χ1n) is 9.64. The lowest BCUT2D eigenvalue weighted by Gasteiger charge is -2.04. The Hall–Kier alpha value is -3.99. The Labute approximate surface area is 175 Å². The summed E-state index contributed by atoms with van der Waals surface area (Å²) in [7, 11) is 0. The van der Waals surface area contributed by atoms with Crippen molar-refractivity contribution in [1.82, 2.24) is 10.2 Å². The number of anilines is 1. The van der Waals surface area contributed by atoms with E-state index in [1.807, 2.05) is 86.6 Å². The van der Waals surface area contributed by atoms with E-state index in [1.165, 1.54) is 11.6 Å². The predicted octanol–water partition coefficient (Wildman–Crippen LogP) is 5.67. The number of nitrogens with one attached hydrogen (secondary N) is 1. The van der Waals surface area contributed by atoms with Gasteiger partial charge in [0.1, 0.15) is 0 Å². The van der Waals surface area contributed by atoms with Crippen LogP contribution in [-0.2, 0) is 4.79 Å². The smallest absolute Gasteiger partial charge is 0.248 e. The van der Waals surface area contributed by atoms with Crippen LogP contribution in [0.2, 0.25) is 0 Å². The SMILES string of the molecule is Cc1ccc(/C=C/C(=O)Nc2cccc(-c3nnc(-c4ccccc4C)o3)c2)cc1. The molecule has 0 radical (unpaired) electrons. The largest absolute Gasteiger partial charge is 0.416 e. The second-order valence-electron chi connectivity index (χ2n) is 7.04. The molecule has 1 N–H and O–H groups in total. The Kier molecular flexibility index (Phi) is 5.52. The third kappa shape index (κ3) is 4.52. The number of nitrogens with zero attached hydrogens (tertiary/aromatic N) is 2. The average molecular weight is 395 g/mol. The number of hydrogen-bond acceptors (Lipinski definition) is 4. The first-order valence-corrected chi connectivity index (χ1v) is 9.64. The number of aryl methyl sites for hydroxylation is 2. The molecule has 0 fully saturated rings. The van der Waals surface area contributed by atoms with Crippen molar-refractivity contribution in [3.8, 4) is 22.9 Å². The van der Waals surface area contributed by atoms with Gasteiger partial charge in [0.05, 0.1) is 0 Å². The molecule has 5 heteroatoms. The molecule has 1 aromatic heterocycles. The first-order chi connectivity index (χ1) is 14.6. The van der Waals surface area contributed by atoms with E-state index in [0.717, 1.165) is 22.3 Å². The van der Waals surface area contributed by atoms with Crippen molar-refractivity contribution in [2.45, 2.75) is 13.8 Å². The quantitative estimate of drug-likeness (QED) is 0.442. The molecule has 4 rings (SSSR count). The zero-order chi connectivity index (χ0) is 20.9. The van der Waals surface area contributed by atoms with Crippen LogP contribution in [0.4, 0.5) is 5.69 Å². The molecule has 0 saturated heterocycles. The molecule has 1 heterocycles. The second-order valence-corrected chi connectivity index (χ2v) is 7.04. The number of aromatic nitrogens is 2. The van der Waals surface area contributed by atoms with Gasteiger partial charge in [0, 0.05) is 22.9 Å². The molecule has 148 valence electrons. The summed E-state index contributed by atoms with van der Waals surface area (Å²) in [4.78, 5) is 12.3. The average Bonchev–Trinajstić information content (AvgIpc) is 3.24. The van der Waals surface area contributed by atoms with Crippen LogP contribution >= 0.6 is 0 Å². The summed E-state index contributed by atoms with van der Waals surface area (Å²) in [5.74, 6) is 0.664. The zero-order valence-corrected chi connectivity index (χ0v) is 16.8. The summed E-state index contributed by atoms with van der Waals surface area (Å²) in [6.07, 6.45) is 3.30.